The predicted octanol–water partition coefficient (Wildman–Crippen LogP) is 1.14. The fourth-order valence-electron chi connectivity index (χ4n) is 3.22. The molecule has 1 aromatic heterocycles. The number of sulfone groups is 1. The molecule has 0 bridgehead atoms. The molecule has 1 aliphatic heterocycles. The quantitative estimate of drug-likeness (QED) is 0.920. The number of fused-ring (bicyclic) bond motifs is 1. The number of hydrogen-bond donors (Lipinski definition) is 1. The zero-order valence-corrected chi connectivity index (χ0v) is 13.2. The molecule has 1 aromatic carbocycles. The smallest absolute Gasteiger partial charge is 0.150 e. The molecule has 0 spiro atoms. The molecular weight excluding hydrogens is 286 g/mol. The minimum absolute atomic E-state index is 0.151. The van der Waals surface area contributed by atoms with E-state index < -0.39 is 9.84 Å². The average Bonchev–Trinajstić information content (AvgIpc) is 2.97. The molecule has 0 radical (unpaired) electrons. The second kappa shape index (κ2) is 5.42. The number of benzene rings is 1. The van der Waals surface area contributed by atoms with E-state index in [1.165, 1.54) is 0 Å². The van der Waals surface area contributed by atoms with Crippen LogP contribution in [0.1, 0.15) is 12.2 Å². The molecule has 2 aromatic rings. The van der Waals surface area contributed by atoms with Crippen LogP contribution in [0.25, 0.3) is 11.0 Å². The molecule has 2 atom stereocenters. The second-order valence-electron chi connectivity index (χ2n) is 5.84. The molecule has 0 amide bonds. The molecule has 0 aliphatic carbocycles. The van der Waals surface area contributed by atoms with Gasteiger partial charge in [-0.25, -0.2) is 13.4 Å². The maximum Gasteiger partial charge on any atom is 0.150 e. The number of likely N-dealkylation sites (N-methyl/N-ethyl adjacent to an activating group) is 1. The number of nitrogens with one attached hydrogen (secondary N) is 1. The number of imidazole rings is 1. The Kier molecular flexibility index (Phi) is 3.75. The number of rotatable bonds is 4. The summed E-state index contributed by atoms with van der Waals surface area (Å²) >= 11 is 0. The van der Waals surface area contributed by atoms with E-state index in [9.17, 15) is 8.42 Å². The number of hydrogen-bond acceptors (Lipinski definition) is 4. The topological polar surface area (TPSA) is 64.0 Å². The minimum atomic E-state index is -2.84. The summed E-state index contributed by atoms with van der Waals surface area (Å²) in [6.45, 7) is 0. The van der Waals surface area contributed by atoms with Crippen LogP contribution in [-0.2, 0) is 23.3 Å². The lowest BCUT2D eigenvalue weighted by atomic mass is 9.96. The lowest BCUT2D eigenvalue weighted by molar-refractivity contribution is 0.394. The largest absolute Gasteiger partial charge is 0.331 e. The van der Waals surface area contributed by atoms with Crippen LogP contribution in [0, 0.1) is 5.92 Å². The SMILES string of the molecule is CNC(Cc1nc2ccccc2n1C)C1CCS(=O)(=O)C1. The van der Waals surface area contributed by atoms with E-state index in [1.54, 1.807) is 0 Å². The molecule has 1 N–H and O–H groups in total. The van der Waals surface area contributed by atoms with Crippen LogP contribution >= 0.6 is 0 Å². The van der Waals surface area contributed by atoms with E-state index in [1.807, 2.05) is 32.3 Å². The normalized spacial score (nSPS) is 22.7. The third-order valence-electron chi connectivity index (χ3n) is 4.49. The predicted molar refractivity (Wildman–Crippen MR) is 84.0 cm³/mol. The van der Waals surface area contributed by atoms with Crippen molar-refractivity contribution in [3.8, 4) is 0 Å². The first-order chi connectivity index (χ1) is 10.00. The molecule has 3 rings (SSSR count). The van der Waals surface area contributed by atoms with E-state index in [-0.39, 0.29) is 12.0 Å². The van der Waals surface area contributed by atoms with Crippen LogP contribution in [0.2, 0.25) is 0 Å². The van der Waals surface area contributed by atoms with Gasteiger partial charge in [-0.1, -0.05) is 12.1 Å². The highest BCUT2D eigenvalue weighted by Gasteiger charge is 2.33. The fourth-order valence-corrected chi connectivity index (χ4v) is 5.10. The zero-order valence-electron chi connectivity index (χ0n) is 12.4. The Bertz CT molecular complexity index is 751. The van der Waals surface area contributed by atoms with Crippen LogP contribution in [0.5, 0.6) is 0 Å². The van der Waals surface area contributed by atoms with E-state index in [2.05, 4.69) is 20.9 Å². The van der Waals surface area contributed by atoms with Gasteiger partial charge in [-0.2, -0.15) is 0 Å². The second-order valence-corrected chi connectivity index (χ2v) is 8.07. The van der Waals surface area contributed by atoms with Crippen molar-refractivity contribution in [2.75, 3.05) is 18.6 Å². The summed E-state index contributed by atoms with van der Waals surface area (Å²) < 4.78 is 25.4. The fraction of sp³-hybridized carbons (Fsp3) is 0.533. The lowest BCUT2D eigenvalue weighted by Crippen LogP contribution is -2.37. The molecule has 6 heteroatoms. The number of para-hydroxylation sites is 2. The molecule has 1 saturated heterocycles. The van der Waals surface area contributed by atoms with Gasteiger partial charge in [0, 0.05) is 19.5 Å². The van der Waals surface area contributed by atoms with Gasteiger partial charge in [-0.3, -0.25) is 0 Å². The Hall–Kier alpha value is -1.40. The molecule has 2 unspecified atom stereocenters. The molecular formula is C15H21N3O2S. The van der Waals surface area contributed by atoms with Gasteiger partial charge in [-0.15, -0.1) is 0 Å². The van der Waals surface area contributed by atoms with Gasteiger partial charge in [-0.05, 0) is 31.5 Å². The number of aromatic nitrogens is 2. The van der Waals surface area contributed by atoms with Crippen molar-refractivity contribution < 1.29 is 8.42 Å². The van der Waals surface area contributed by atoms with Gasteiger partial charge in [0.05, 0.1) is 22.5 Å². The van der Waals surface area contributed by atoms with Crippen molar-refractivity contribution >= 4 is 20.9 Å². The lowest BCUT2D eigenvalue weighted by Gasteiger charge is -2.21. The van der Waals surface area contributed by atoms with E-state index >= 15 is 0 Å². The van der Waals surface area contributed by atoms with E-state index in [4.69, 9.17) is 0 Å². The molecule has 114 valence electrons. The Labute approximate surface area is 125 Å². The highest BCUT2D eigenvalue weighted by Crippen LogP contribution is 2.24. The van der Waals surface area contributed by atoms with Gasteiger partial charge in [0.15, 0.2) is 9.84 Å². The average molecular weight is 307 g/mol. The summed E-state index contributed by atoms with van der Waals surface area (Å²) in [4.78, 5) is 4.68. The maximum absolute atomic E-state index is 11.7. The summed E-state index contributed by atoms with van der Waals surface area (Å²) in [7, 11) is 1.07. The summed E-state index contributed by atoms with van der Waals surface area (Å²) in [6, 6.07) is 8.20. The first-order valence-corrected chi connectivity index (χ1v) is 9.10. The summed E-state index contributed by atoms with van der Waals surface area (Å²) in [5.41, 5.74) is 2.10. The molecule has 21 heavy (non-hydrogen) atoms. The van der Waals surface area contributed by atoms with Crippen molar-refractivity contribution in [3.05, 3.63) is 30.1 Å². The van der Waals surface area contributed by atoms with Crippen LogP contribution in [-0.4, -0.2) is 42.6 Å². The van der Waals surface area contributed by atoms with Crippen LogP contribution < -0.4 is 5.32 Å². The van der Waals surface area contributed by atoms with E-state index in [0.29, 0.717) is 11.5 Å². The third kappa shape index (κ3) is 2.82. The van der Waals surface area contributed by atoms with Crippen LogP contribution in [0.4, 0.5) is 0 Å². The highest BCUT2D eigenvalue weighted by molar-refractivity contribution is 7.91. The summed E-state index contributed by atoms with van der Waals surface area (Å²) in [5.74, 6) is 1.79. The van der Waals surface area contributed by atoms with Crippen LogP contribution in [0.3, 0.4) is 0 Å². The molecule has 0 saturated carbocycles. The first-order valence-electron chi connectivity index (χ1n) is 7.28. The summed E-state index contributed by atoms with van der Waals surface area (Å²) in [5, 5.41) is 3.28. The molecule has 5 nitrogen and oxygen atoms in total. The Morgan fingerprint density at radius 2 is 2.19 bits per heavy atom. The standard InChI is InChI=1S/C15H21N3O2S/c1-16-13(11-7-8-21(19,20)10-11)9-15-17-12-5-3-4-6-14(12)18(15)2/h3-6,11,13,16H,7-10H2,1-2H3. The Morgan fingerprint density at radius 1 is 1.43 bits per heavy atom. The first kappa shape index (κ1) is 14.5. The Morgan fingerprint density at radius 3 is 2.81 bits per heavy atom. The van der Waals surface area contributed by atoms with Gasteiger partial charge in [0.1, 0.15) is 5.82 Å². The van der Waals surface area contributed by atoms with Crippen LogP contribution in [0.15, 0.2) is 24.3 Å². The zero-order chi connectivity index (χ0) is 15.0. The van der Waals surface area contributed by atoms with Crippen molar-refractivity contribution in [1.82, 2.24) is 14.9 Å². The monoisotopic (exact) mass is 307 g/mol. The maximum atomic E-state index is 11.7. The van der Waals surface area contributed by atoms with Crippen molar-refractivity contribution in [2.45, 2.75) is 18.9 Å². The van der Waals surface area contributed by atoms with Gasteiger partial charge in [0.25, 0.3) is 0 Å². The number of nitrogens with zero attached hydrogens (tertiary/aromatic N) is 2. The minimum Gasteiger partial charge on any atom is -0.331 e. The highest BCUT2D eigenvalue weighted by atomic mass is 32.2. The number of aryl methyl sites for hydroxylation is 1. The van der Waals surface area contributed by atoms with Gasteiger partial charge < -0.3 is 9.88 Å². The van der Waals surface area contributed by atoms with E-state index in [0.717, 1.165) is 29.7 Å². The van der Waals surface area contributed by atoms with Gasteiger partial charge in [0.2, 0.25) is 0 Å². The molecule has 1 fully saturated rings. The van der Waals surface area contributed by atoms with Crippen molar-refractivity contribution in [1.29, 1.82) is 0 Å². The third-order valence-corrected chi connectivity index (χ3v) is 6.28. The molecule has 2 heterocycles. The van der Waals surface area contributed by atoms with Crippen molar-refractivity contribution in [3.63, 3.8) is 0 Å². The van der Waals surface area contributed by atoms with Crippen molar-refractivity contribution in [2.24, 2.45) is 13.0 Å². The Balaban J connectivity index is 1.84. The summed E-state index contributed by atoms with van der Waals surface area (Å²) in [6.07, 6.45) is 1.50. The molecule has 1 aliphatic rings. The van der Waals surface area contributed by atoms with Gasteiger partial charge >= 0.3 is 0 Å².